The van der Waals surface area contributed by atoms with Crippen molar-refractivity contribution < 1.29 is 4.92 Å². The van der Waals surface area contributed by atoms with E-state index in [1.165, 1.54) is 11.1 Å². The Balaban J connectivity index is 1.79. The summed E-state index contributed by atoms with van der Waals surface area (Å²) in [7, 11) is 0. The van der Waals surface area contributed by atoms with Crippen molar-refractivity contribution in [3.05, 3.63) is 99.4 Å². The van der Waals surface area contributed by atoms with Gasteiger partial charge in [0.2, 0.25) is 0 Å². The second-order valence-corrected chi connectivity index (χ2v) is 7.15. The Labute approximate surface area is 159 Å². The molecule has 0 saturated carbocycles. The van der Waals surface area contributed by atoms with E-state index in [0.717, 1.165) is 37.3 Å². The minimum Gasteiger partial charge on any atom is -0.350 e. The number of nitro benzene ring substituents is 1. The van der Waals surface area contributed by atoms with Gasteiger partial charge in [0.05, 0.1) is 16.5 Å². The number of nitrogens with zero attached hydrogens (tertiary/aromatic N) is 3. The number of para-hydroxylation sites is 1. The average molecular weight is 361 g/mol. The van der Waals surface area contributed by atoms with Gasteiger partial charge in [-0.15, -0.1) is 0 Å². The Kier molecular flexibility index (Phi) is 4.77. The molecule has 0 bridgehead atoms. The molecule has 0 spiro atoms. The summed E-state index contributed by atoms with van der Waals surface area (Å²) in [6, 6.07) is 19.7. The van der Waals surface area contributed by atoms with Gasteiger partial charge >= 0.3 is 0 Å². The molecule has 0 unspecified atom stereocenters. The number of aromatic nitrogens is 1. The predicted octanol–water partition coefficient (Wildman–Crippen LogP) is 4.70. The van der Waals surface area contributed by atoms with E-state index in [2.05, 4.69) is 52.9 Å². The van der Waals surface area contributed by atoms with E-state index in [0.29, 0.717) is 0 Å². The van der Waals surface area contributed by atoms with Gasteiger partial charge in [0, 0.05) is 37.6 Å². The van der Waals surface area contributed by atoms with Crippen molar-refractivity contribution in [2.24, 2.45) is 0 Å². The van der Waals surface area contributed by atoms with Crippen LogP contribution in [0.2, 0.25) is 0 Å². The molecule has 0 saturated heterocycles. The van der Waals surface area contributed by atoms with Crippen molar-refractivity contribution in [3.63, 3.8) is 0 Å². The van der Waals surface area contributed by atoms with Crippen molar-refractivity contribution >= 4 is 5.69 Å². The lowest BCUT2D eigenvalue weighted by Crippen LogP contribution is -2.30. The molecule has 0 N–H and O–H groups in total. The number of hydrogen-bond donors (Lipinski definition) is 0. The molecule has 1 aliphatic heterocycles. The van der Waals surface area contributed by atoms with E-state index in [-0.39, 0.29) is 16.7 Å². The lowest BCUT2D eigenvalue weighted by atomic mass is 9.99. The summed E-state index contributed by atoms with van der Waals surface area (Å²) in [5.74, 6) is 0. The Bertz CT molecular complexity index is 946. The fourth-order valence-corrected chi connectivity index (χ4v) is 3.98. The molecule has 2 heterocycles. The molecule has 138 valence electrons. The third-order valence-corrected chi connectivity index (χ3v) is 5.29. The summed E-state index contributed by atoms with van der Waals surface area (Å²) in [5.41, 5.74) is 4.53. The first-order valence-electron chi connectivity index (χ1n) is 9.31. The highest BCUT2D eigenvalue weighted by Gasteiger charge is 2.32. The monoisotopic (exact) mass is 361 g/mol. The first-order chi connectivity index (χ1) is 13.1. The van der Waals surface area contributed by atoms with Gasteiger partial charge in [-0.05, 0) is 31.0 Å². The molecule has 0 amide bonds. The molecule has 5 nitrogen and oxygen atoms in total. The highest BCUT2D eigenvalue weighted by Crippen LogP contribution is 2.37. The Morgan fingerprint density at radius 2 is 1.81 bits per heavy atom. The normalized spacial score (nSPS) is 17.3. The van der Waals surface area contributed by atoms with Crippen LogP contribution < -0.4 is 0 Å². The van der Waals surface area contributed by atoms with E-state index in [1.807, 2.05) is 18.2 Å². The summed E-state index contributed by atoms with van der Waals surface area (Å²) in [4.78, 5) is 13.8. The summed E-state index contributed by atoms with van der Waals surface area (Å²) in [5, 5.41) is 11.7. The van der Waals surface area contributed by atoms with E-state index in [1.54, 1.807) is 12.1 Å². The van der Waals surface area contributed by atoms with Gasteiger partial charge in [-0.2, -0.15) is 0 Å². The van der Waals surface area contributed by atoms with Crippen LogP contribution in [0.25, 0.3) is 0 Å². The second kappa shape index (κ2) is 7.37. The van der Waals surface area contributed by atoms with Crippen molar-refractivity contribution in [1.82, 2.24) is 9.47 Å². The van der Waals surface area contributed by atoms with E-state index < -0.39 is 0 Å². The van der Waals surface area contributed by atoms with E-state index in [4.69, 9.17) is 0 Å². The molecule has 1 aromatic heterocycles. The quantitative estimate of drug-likeness (QED) is 0.500. The zero-order valence-corrected chi connectivity index (χ0v) is 15.4. The fourth-order valence-electron chi connectivity index (χ4n) is 3.98. The minimum atomic E-state index is -0.266. The topological polar surface area (TPSA) is 51.3 Å². The van der Waals surface area contributed by atoms with Gasteiger partial charge in [0.15, 0.2) is 0 Å². The largest absolute Gasteiger partial charge is 0.350 e. The molecule has 27 heavy (non-hydrogen) atoms. The van der Waals surface area contributed by atoms with Crippen molar-refractivity contribution in [3.8, 4) is 0 Å². The second-order valence-electron chi connectivity index (χ2n) is 7.15. The smallest absolute Gasteiger partial charge is 0.274 e. The Morgan fingerprint density at radius 3 is 2.59 bits per heavy atom. The third kappa shape index (κ3) is 3.51. The molecule has 5 heteroatoms. The van der Waals surface area contributed by atoms with Gasteiger partial charge in [-0.1, -0.05) is 48.0 Å². The van der Waals surface area contributed by atoms with Crippen LogP contribution in [-0.4, -0.2) is 20.9 Å². The first-order valence-corrected chi connectivity index (χ1v) is 9.31. The molecule has 3 aromatic rings. The molecule has 0 aliphatic carbocycles. The lowest BCUT2D eigenvalue weighted by molar-refractivity contribution is -0.385. The molecule has 0 radical (unpaired) electrons. The van der Waals surface area contributed by atoms with Crippen molar-refractivity contribution in [2.45, 2.75) is 32.5 Å². The molecule has 1 aliphatic rings. The maximum Gasteiger partial charge on any atom is 0.274 e. The summed E-state index contributed by atoms with van der Waals surface area (Å²) in [6.07, 6.45) is 3.09. The lowest BCUT2D eigenvalue weighted by Gasteiger charge is -2.30. The fraction of sp³-hybridized carbons (Fsp3) is 0.273. The number of hydrogen-bond acceptors (Lipinski definition) is 3. The van der Waals surface area contributed by atoms with Crippen LogP contribution in [0.15, 0.2) is 66.9 Å². The summed E-state index contributed by atoms with van der Waals surface area (Å²) >= 11 is 0. The Morgan fingerprint density at radius 1 is 1.04 bits per heavy atom. The summed E-state index contributed by atoms with van der Waals surface area (Å²) in [6.45, 7) is 4.68. The predicted molar refractivity (Wildman–Crippen MR) is 106 cm³/mol. The van der Waals surface area contributed by atoms with Gasteiger partial charge in [0.25, 0.3) is 5.69 Å². The molecule has 2 aromatic carbocycles. The zero-order chi connectivity index (χ0) is 18.8. The first kappa shape index (κ1) is 17.5. The maximum absolute atomic E-state index is 11.7. The van der Waals surface area contributed by atoms with Crippen LogP contribution in [0.5, 0.6) is 0 Å². The van der Waals surface area contributed by atoms with Crippen LogP contribution in [0.3, 0.4) is 0 Å². The third-order valence-electron chi connectivity index (χ3n) is 5.29. The van der Waals surface area contributed by atoms with Crippen molar-refractivity contribution in [1.29, 1.82) is 0 Å². The highest BCUT2D eigenvalue weighted by atomic mass is 16.6. The number of aryl methyl sites for hydroxylation is 2. The molecule has 4 rings (SSSR count). The van der Waals surface area contributed by atoms with E-state index in [9.17, 15) is 10.1 Å². The van der Waals surface area contributed by atoms with E-state index >= 15 is 0 Å². The van der Waals surface area contributed by atoms with Gasteiger partial charge in [-0.3, -0.25) is 15.0 Å². The standard InChI is InChI=1S/C22H23N3O2/c1-17-9-11-18(12-10-17)16-24-15-5-14-23-13-4-8-21(23)22(24)19-6-2-3-7-20(19)25(26)27/h2-4,6-13,22H,5,14-16H2,1H3/t22-/m1/s1. The van der Waals surface area contributed by atoms with Crippen LogP contribution >= 0.6 is 0 Å². The number of fused-ring (bicyclic) bond motifs is 1. The highest BCUT2D eigenvalue weighted by molar-refractivity contribution is 5.45. The number of benzene rings is 2. The molecular weight excluding hydrogens is 338 g/mol. The maximum atomic E-state index is 11.7. The van der Waals surface area contributed by atoms with Crippen LogP contribution in [0, 0.1) is 17.0 Å². The van der Waals surface area contributed by atoms with Crippen LogP contribution in [-0.2, 0) is 13.1 Å². The number of nitro groups is 1. The average Bonchev–Trinajstić information content (AvgIpc) is 3.05. The molecule has 1 atom stereocenters. The SMILES string of the molecule is Cc1ccc(CN2CCCn3cccc3[C@H]2c2ccccc2[N+](=O)[O-])cc1. The van der Waals surface area contributed by atoms with Crippen LogP contribution in [0.4, 0.5) is 5.69 Å². The van der Waals surface area contributed by atoms with Crippen molar-refractivity contribution in [2.75, 3.05) is 6.54 Å². The molecular formula is C22H23N3O2. The zero-order valence-electron chi connectivity index (χ0n) is 15.4. The van der Waals surface area contributed by atoms with Gasteiger partial charge in [-0.25, -0.2) is 0 Å². The summed E-state index contributed by atoms with van der Waals surface area (Å²) < 4.78 is 2.23. The van der Waals surface area contributed by atoms with Gasteiger partial charge in [0.1, 0.15) is 0 Å². The number of rotatable bonds is 4. The Hall–Kier alpha value is -2.92. The van der Waals surface area contributed by atoms with Gasteiger partial charge < -0.3 is 4.57 Å². The van der Waals surface area contributed by atoms with Crippen LogP contribution in [0.1, 0.15) is 34.8 Å². The molecule has 0 fully saturated rings. The minimum absolute atomic E-state index is 0.134.